The van der Waals surface area contributed by atoms with Crippen molar-refractivity contribution >= 4 is 21.9 Å². The first-order chi connectivity index (χ1) is 7.56. The molecule has 1 rings (SSSR count). The van der Waals surface area contributed by atoms with Crippen molar-refractivity contribution in [3.8, 4) is 0 Å². The molecule has 0 saturated carbocycles. The summed E-state index contributed by atoms with van der Waals surface area (Å²) in [5, 5.41) is 0. The van der Waals surface area contributed by atoms with E-state index in [0.29, 0.717) is 0 Å². The van der Waals surface area contributed by atoms with Crippen LogP contribution >= 0.6 is 15.9 Å². The molecule has 0 fully saturated rings. The summed E-state index contributed by atoms with van der Waals surface area (Å²) in [5.74, 6) is -0.525. The minimum absolute atomic E-state index is 0.0595. The third kappa shape index (κ3) is 3.23. The Morgan fingerprint density at radius 3 is 2.88 bits per heavy atom. The highest BCUT2D eigenvalue weighted by Crippen LogP contribution is 2.29. The average molecular weight is 294 g/mol. The molecule has 0 N–H and O–H groups in total. The number of carbonyl (C=O) groups is 1. The van der Waals surface area contributed by atoms with Crippen LogP contribution < -0.4 is 0 Å². The number of nitrogens with zero attached hydrogens (tertiary/aromatic N) is 1. The molecule has 0 amide bonds. The number of hydrogen-bond acceptors (Lipinski definition) is 3. The van der Waals surface area contributed by atoms with Gasteiger partial charge in [0.15, 0.2) is 0 Å². The largest absolute Gasteiger partial charge is 0.466 e. The lowest BCUT2D eigenvalue weighted by atomic mass is 10.1. The second-order valence-electron chi connectivity index (χ2n) is 2.96. The van der Waals surface area contributed by atoms with E-state index in [4.69, 9.17) is 4.74 Å². The fraction of sp³-hybridized carbons (Fsp3) is 0.400. The maximum Gasteiger partial charge on any atom is 0.310 e. The van der Waals surface area contributed by atoms with Gasteiger partial charge in [-0.2, -0.15) is 0 Å². The highest BCUT2D eigenvalue weighted by molar-refractivity contribution is 9.10. The van der Waals surface area contributed by atoms with E-state index in [1.807, 2.05) is 0 Å². The van der Waals surface area contributed by atoms with Gasteiger partial charge in [-0.1, -0.05) is 0 Å². The normalized spacial score (nSPS) is 10.6. The van der Waals surface area contributed by atoms with E-state index in [1.165, 1.54) is 12.3 Å². The van der Waals surface area contributed by atoms with Crippen LogP contribution in [0, 0.1) is 0 Å². The Morgan fingerprint density at radius 2 is 2.31 bits per heavy atom. The molecule has 0 aliphatic carbocycles. The molecule has 88 valence electrons. The molecule has 0 bridgehead atoms. The van der Waals surface area contributed by atoms with Crippen LogP contribution in [0.3, 0.4) is 0 Å². The van der Waals surface area contributed by atoms with Crippen LogP contribution in [-0.2, 0) is 16.0 Å². The van der Waals surface area contributed by atoms with Crippen LogP contribution in [-0.4, -0.2) is 17.6 Å². The van der Waals surface area contributed by atoms with Crippen molar-refractivity contribution in [2.45, 2.75) is 19.8 Å². The standard InChI is InChI=1S/C10H10BrF2NO2/c1-2-16-7(15)5-6-3-4-14-9(11)8(6)10(12)13/h3-4,10H,2,5H2,1H3. The quantitative estimate of drug-likeness (QED) is 0.633. The molecule has 0 atom stereocenters. The summed E-state index contributed by atoms with van der Waals surface area (Å²) in [6, 6.07) is 1.39. The van der Waals surface area contributed by atoms with Crippen molar-refractivity contribution in [2.75, 3.05) is 6.61 Å². The summed E-state index contributed by atoms with van der Waals surface area (Å²) in [7, 11) is 0. The number of pyridine rings is 1. The molecular weight excluding hydrogens is 284 g/mol. The van der Waals surface area contributed by atoms with Gasteiger partial charge < -0.3 is 4.74 Å². The molecule has 1 aromatic heterocycles. The van der Waals surface area contributed by atoms with Gasteiger partial charge in [-0.15, -0.1) is 0 Å². The molecule has 1 aromatic rings. The Bertz CT molecular complexity index is 385. The average Bonchev–Trinajstić information content (AvgIpc) is 2.17. The van der Waals surface area contributed by atoms with Crippen molar-refractivity contribution in [1.82, 2.24) is 4.98 Å². The number of hydrogen-bond donors (Lipinski definition) is 0. The molecule has 0 aromatic carbocycles. The molecule has 1 heterocycles. The molecule has 0 saturated heterocycles. The Kier molecular flexibility index (Phi) is 4.79. The van der Waals surface area contributed by atoms with Gasteiger partial charge in [-0.25, -0.2) is 13.8 Å². The summed E-state index contributed by atoms with van der Waals surface area (Å²) in [4.78, 5) is 14.9. The topological polar surface area (TPSA) is 39.2 Å². The van der Waals surface area contributed by atoms with Crippen molar-refractivity contribution < 1.29 is 18.3 Å². The number of halogens is 3. The first kappa shape index (κ1) is 13.0. The lowest BCUT2D eigenvalue weighted by molar-refractivity contribution is -0.142. The SMILES string of the molecule is CCOC(=O)Cc1ccnc(Br)c1C(F)F. The second-order valence-corrected chi connectivity index (χ2v) is 3.71. The first-order valence-electron chi connectivity index (χ1n) is 4.63. The van der Waals surface area contributed by atoms with E-state index in [-0.39, 0.29) is 28.8 Å². The number of alkyl halides is 2. The van der Waals surface area contributed by atoms with Crippen molar-refractivity contribution in [3.05, 3.63) is 28.0 Å². The Balaban J connectivity index is 2.95. The summed E-state index contributed by atoms with van der Waals surface area (Å²) in [6.07, 6.45) is -1.48. The van der Waals surface area contributed by atoms with Gasteiger partial charge in [0.2, 0.25) is 0 Å². The van der Waals surface area contributed by atoms with Gasteiger partial charge in [-0.05, 0) is 34.5 Å². The molecule has 0 aliphatic rings. The van der Waals surface area contributed by atoms with Gasteiger partial charge in [0, 0.05) is 6.20 Å². The predicted molar refractivity (Wildman–Crippen MR) is 57.2 cm³/mol. The molecule has 0 spiro atoms. The third-order valence-corrected chi connectivity index (χ3v) is 2.52. The zero-order chi connectivity index (χ0) is 12.1. The summed E-state index contributed by atoms with van der Waals surface area (Å²) < 4.78 is 30.2. The van der Waals surface area contributed by atoms with Gasteiger partial charge >= 0.3 is 5.97 Å². The van der Waals surface area contributed by atoms with Crippen LogP contribution in [0.4, 0.5) is 8.78 Å². The number of aromatic nitrogens is 1. The summed E-state index contributed by atoms with van der Waals surface area (Å²) in [6.45, 7) is 1.89. The van der Waals surface area contributed by atoms with Gasteiger partial charge in [-0.3, -0.25) is 4.79 Å². The van der Waals surface area contributed by atoms with Crippen LogP contribution in [0.2, 0.25) is 0 Å². The molecule has 16 heavy (non-hydrogen) atoms. The van der Waals surface area contributed by atoms with Crippen LogP contribution in [0.1, 0.15) is 24.5 Å². The predicted octanol–water partition coefficient (Wildman–Crippen LogP) is 2.89. The summed E-state index contributed by atoms with van der Waals surface area (Å²) >= 11 is 2.93. The second kappa shape index (κ2) is 5.89. The van der Waals surface area contributed by atoms with Crippen molar-refractivity contribution in [1.29, 1.82) is 0 Å². The summed E-state index contributed by atoms with van der Waals surface area (Å²) in [5.41, 5.74) is -0.0223. The highest BCUT2D eigenvalue weighted by Gasteiger charge is 2.19. The third-order valence-electron chi connectivity index (χ3n) is 1.89. The molecular formula is C10H10BrF2NO2. The van der Waals surface area contributed by atoms with E-state index in [1.54, 1.807) is 6.92 Å². The number of carbonyl (C=O) groups excluding carboxylic acids is 1. The maximum atomic E-state index is 12.7. The first-order valence-corrected chi connectivity index (χ1v) is 5.42. The minimum atomic E-state index is -2.67. The highest BCUT2D eigenvalue weighted by atomic mass is 79.9. The van der Waals surface area contributed by atoms with Crippen molar-refractivity contribution in [3.63, 3.8) is 0 Å². The number of esters is 1. The van der Waals surface area contributed by atoms with E-state index in [9.17, 15) is 13.6 Å². The van der Waals surface area contributed by atoms with Gasteiger partial charge in [0.25, 0.3) is 6.43 Å². The Morgan fingerprint density at radius 1 is 1.62 bits per heavy atom. The van der Waals surface area contributed by atoms with Gasteiger partial charge in [0.05, 0.1) is 18.6 Å². The molecule has 0 radical (unpaired) electrons. The van der Waals surface area contributed by atoms with Gasteiger partial charge in [0.1, 0.15) is 4.60 Å². The Hall–Kier alpha value is -1.04. The molecule has 0 unspecified atom stereocenters. The lowest BCUT2D eigenvalue weighted by Crippen LogP contribution is -2.10. The fourth-order valence-electron chi connectivity index (χ4n) is 1.24. The van der Waals surface area contributed by atoms with Crippen LogP contribution in [0.5, 0.6) is 0 Å². The lowest BCUT2D eigenvalue weighted by Gasteiger charge is -2.09. The monoisotopic (exact) mass is 293 g/mol. The maximum absolute atomic E-state index is 12.7. The van der Waals surface area contributed by atoms with Crippen molar-refractivity contribution in [2.24, 2.45) is 0 Å². The smallest absolute Gasteiger partial charge is 0.310 e. The van der Waals surface area contributed by atoms with Crippen LogP contribution in [0.15, 0.2) is 16.9 Å². The van der Waals surface area contributed by atoms with E-state index < -0.39 is 12.4 Å². The molecule has 6 heteroatoms. The zero-order valence-corrected chi connectivity index (χ0v) is 10.1. The van der Waals surface area contributed by atoms with E-state index in [2.05, 4.69) is 20.9 Å². The van der Waals surface area contributed by atoms with E-state index >= 15 is 0 Å². The minimum Gasteiger partial charge on any atom is -0.466 e. The molecule has 0 aliphatic heterocycles. The van der Waals surface area contributed by atoms with Crippen LogP contribution in [0.25, 0.3) is 0 Å². The zero-order valence-electron chi connectivity index (χ0n) is 8.54. The number of ether oxygens (including phenoxy) is 1. The number of rotatable bonds is 4. The fourth-order valence-corrected chi connectivity index (χ4v) is 1.78. The molecule has 3 nitrogen and oxygen atoms in total. The Labute approximate surface area is 99.9 Å². The van der Waals surface area contributed by atoms with E-state index in [0.717, 1.165) is 0 Å².